The van der Waals surface area contributed by atoms with E-state index >= 15 is 0 Å². The molecular weight excluding hydrogens is 264 g/mol. The molecular formula is C17H24N2S. The molecule has 0 amide bonds. The number of nitrogens with one attached hydrogen (secondary N) is 1. The molecule has 0 spiro atoms. The normalized spacial score (nSPS) is 12.8. The maximum Gasteiger partial charge on any atom is 0.0233 e. The number of hydrogen-bond donors (Lipinski definition) is 1. The monoisotopic (exact) mass is 288 g/mol. The Morgan fingerprint density at radius 2 is 2.00 bits per heavy atom. The number of rotatable bonds is 7. The van der Waals surface area contributed by atoms with E-state index in [1.165, 1.54) is 16.0 Å². The van der Waals surface area contributed by atoms with Crippen LogP contribution in [0, 0.1) is 0 Å². The Bertz CT molecular complexity index is 507. The maximum absolute atomic E-state index is 3.20. The number of likely N-dealkylation sites (N-methyl/N-ethyl adjacent to an activating group) is 1. The van der Waals surface area contributed by atoms with Crippen molar-refractivity contribution in [2.75, 3.05) is 14.1 Å². The first kappa shape index (κ1) is 15.2. The molecule has 2 aromatic rings. The van der Waals surface area contributed by atoms with E-state index < -0.39 is 0 Å². The van der Waals surface area contributed by atoms with Crippen molar-refractivity contribution in [2.24, 2.45) is 0 Å². The summed E-state index contributed by atoms with van der Waals surface area (Å²) in [5.41, 5.74) is 2.74. The van der Waals surface area contributed by atoms with Crippen LogP contribution in [0.5, 0.6) is 0 Å². The Labute approximate surface area is 126 Å². The lowest BCUT2D eigenvalue weighted by Gasteiger charge is -2.24. The van der Waals surface area contributed by atoms with E-state index in [1.54, 1.807) is 0 Å². The van der Waals surface area contributed by atoms with Gasteiger partial charge in [0.25, 0.3) is 0 Å². The van der Waals surface area contributed by atoms with Crippen LogP contribution in [0.4, 0.5) is 0 Å². The highest BCUT2D eigenvalue weighted by atomic mass is 32.1. The fourth-order valence-electron chi connectivity index (χ4n) is 2.36. The Balaban J connectivity index is 1.92. The summed E-state index contributed by atoms with van der Waals surface area (Å²) >= 11 is 1.85. The second kappa shape index (κ2) is 7.58. The quantitative estimate of drug-likeness (QED) is 0.838. The van der Waals surface area contributed by atoms with Gasteiger partial charge in [0.05, 0.1) is 0 Å². The van der Waals surface area contributed by atoms with E-state index in [9.17, 15) is 0 Å². The van der Waals surface area contributed by atoms with Crippen LogP contribution in [0.15, 0.2) is 41.8 Å². The van der Waals surface area contributed by atoms with Crippen molar-refractivity contribution < 1.29 is 0 Å². The highest BCUT2D eigenvalue weighted by molar-refractivity contribution is 7.09. The molecule has 2 rings (SSSR count). The predicted octanol–water partition coefficient (Wildman–Crippen LogP) is 3.53. The molecule has 0 aliphatic rings. The van der Waals surface area contributed by atoms with Crippen molar-refractivity contribution in [1.29, 1.82) is 0 Å². The van der Waals surface area contributed by atoms with Crippen molar-refractivity contribution in [3.8, 4) is 0 Å². The molecule has 1 atom stereocenters. The minimum absolute atomic E-state index is 0.557. The first-order valence-corrected chi connectivity index (χ1v) is 8.02. The van der Waals surface area contributed by atoms with E-state index in [0.717, 1.165) is 19.5 Å². The molecule has 20 heavy (non-hydrogen) atoms. The smallest absolute Gasteiger partial charge is 0.0233 e. The van der Waals surface area contributed by atoms with Gasteiger partial charge in [-0.05, 0) is 50.0 Å². The molecule has 0 fully saturated rings. The molecule has 1 heterocycles. The van der Waals surface area contributed by atoms with Gasteiger partial charge in [-0.1, -0.05) is 30.3 Å². The van der Waals surface area contributed by atoms with Gasteiger partial charge in [-0.2, -0.15) is 0 Å². The Hall–Kier alpha value is -1.16. The lowest BCUT2D eigenvalue weighted by molar-refractivity contribution is 0.249. The molecule has 0 bridgehead atoms. The summed E-state index contributed by atoms with van der Waals surface area (Å²) < 4.78 is 0. The van der Waals surface area contributed by atoms with E-state index in [4.69, 9.17) is 0 Å². The fraction of sp³-hybridized carbons (Fsp3) is 0.412. The van der Waals surface area contributed by atoms with E-state index in [1.807, 2.05) is 18.4 Å². The van der Waals surface area contributed by atoms with Gasteiger partial charge in [-0.25, -0.2) is 0 Å². The average Bonchev–Trinajstić information content (AvgIpc) is 2.92. The number of thiophene rings is 1. The molecule has 3 heteroatoms. The third kappa shape index (κ3) is 4.44. The third-order valence-corrected chi connectivity index (χ3v) is 4.53. The average molecular weight is 288 g/mol. The summed E-state index contributed by atoms with van der Waals surface area (Å²) in [6.07, 6.45) is 1.13. The van der Waals surface area contributed by atoms with Crippen molar-refractivity contribution in [1.82, 2.24) is 10.2 Å². The number of benzene rings is 1. The lowest BCUT2D eigenvalue weighted by Crippen LogP contribution is -2.30. The zero-order valence-electron chi connectivity index (χ0n) is 12.6. The van der Waals surface area contributed by atoms with Crippen LogP contribution in [0.3, 0.4) is 0 Å². The van der Waals surface area contributed by atoms with Crippen LogP contribution in [0.1, 0.15) is 22.9 Å². The Morgan fingerprint density at radius 1 is 1.20 bits per heavy atom. The molecule has 0 aliphatic carbocycles. The molecule has 0 saturated carbocycles. The van der Waals surface area contributed by atoms with Gasteiger partial charge in [-0.15, -0.1) is 11.3 Å². The van der Waals surface area contributed by atoms with Crippen LogP contribution in [-0.2, 0) is 19.5 Å². The van der Waals surface area contributed by atoms with Crippen molar-refractivity contribution in [3.63, 3.8) is 0 Å². The highest BCUT2D eigenvalue weighted by Gasteiger charge is 2.11. The summed E-state index contributed by atoms with van der Waals surface area (Å²) in [6, 6.07) is 13.8. The van der Waals surface area contributed by atoms with Gasteiger partial charge in [0, 0.05) is 24.0 Å². The SMILES string of the molecule is CNCc1cccc(CN(C)C(C)Cc2cccs2)c1. The van der Waals surface area contributed by atoms with Crippen molar-refractivity contribution in [2.45, 2.75) is 32.5 Å². The second-order valence-electron chi connectivity index (χ2n) is 5.40. The van der Waals surface area contributed by atoms with E-state index in [0.29, 0.717) is 6.04 Å². The maximum atomic E-state index is 3.20. The van der Waals surface area contributed by atoms with Crippen LogP contribution >= 0.6 is 11.3 Å². The fourth-order valence-corrected chi connectivity index (χ4v) is 3.19. The minimum atomic E-state index is 0.557. The molecule has 0 radical (unpaired) electrons. The lowest BCUT2D eigenvalue weighted by atomic mass is 10.1. The first-order valence-electron chi connectivity index (χ1n) is 7.14. The second-order valence-corrected chi connectivity index (χ2v) is 6.43. The van der Waals surface area contributed by atoms with Gasteiger partial charge >= 0.3 is 0 Å². The summed E-state index contributed by atoms with van der Waals surface area (Å²) in [5.74, 6) is 0. The summed E-state index contributed by atoms with van der Waals surface area (Å²) in [5, 5.41) is 5.36. The molecule has 0 aliphatic heterocycles. The zero-order chi connectivity index (χ0) is 14.4. The van der Waals surface area contributed by atoms with Crippen LogP contribution in [0.25, 0.3) is 0 Å². The molecule has 108 valence electrons. The van der Waals surface area contributed by atoms with E-state index in [-0.39, 0.29) is 0 Å². The highest BCUT2D eigenvalue weighted by Crippen LogP contribution is 2.15. The summed E-state index contributed by atoms with van der Waals surface area (Å²) in [7, 11) is 4.20. The van der Waals surface area contributed by atoms with Gasteiger partial charge in [0.15, 0.2) is 0 Å². The molecule has 1 unspecified atom stereocenters. The van der Waals surface area contributed by atoms with Crippen LogP contribution in [0.2, 0.25) is 0 Å². The summed E-state index contributed by atoms with van der Waals surface area (Å²) in [4.78, 5) is 3.89. The van der Waals surface area contributed by atoms with Crippen molar-refractivity contribution >= 4 is 11.3 Å². The van der Waals surface area contributed by atoms with Gasteiger partial charge in [-0.3, -0.25) is 4.90 Å². The third-order valence-electron chi connectivity index (χ3n) is 3.63. The Morgan fingerprint density at radius 3 is 2.70 bits per heavy atom. The van der Waals surface area contributed by atoms with Crippen molar-refractivity contribution in [3.05, 3.63) is 57.8 Å². The standard InChI is InChI=1S/C17H24N2S/c1-14(10-17-8-5-9-20-17)19(3)13-16-7-4-6-15(11-16)12-18-2/h4-9,11,14,18H,10,12-13H2,1-3H3. The Kier molecular flexibility index (Phi) is 5.77. The van der Waals surface area contributed by atoms with Gasteiger partial charge in [0.1, 0.15) is 0 Å². The molecule has 0 saturated heterocycles. The van der Waals surface area contributed by atoms with E-state index in [2.05, 4.69) is 66.0 Å². The van der Waals surface area contributed by atoms with Gasteiger partial charge in [0.2, 0.25) is 0 Å². The zero-order valence-corrected chi connectivity index (χ0v) is 13.4. The van der Waals surface area contributed by atoms with Crippen LogP contribution in [-0.4, -0.2) is 25.0 Å². The molecule has 1 aromatic carbocycles. The molecule has 1 aromatic heterocycles. The first-order chi connectivity index (χ1) is 9.69. The topological polar surface area (TPSA) is 15.3 Å². The predicted molar refractivity (Wildman–Crippen MR) is 88.2 cm³/mol. The minimum Gasteiger partial charge on any atom is -0.316 e. The van der Waals surface area contributed by atoms with Crippen LogP contribution < -0.4 is 5.32 Å². The largest absolute Gasteiger partial charge is 0.316 e. The molecule has 2 nitrogen and oxygen atoms in total. The number of nitrogens with zero attached hydrogens (tertiary/aromatic N) is 1. The van der Waals surface area contributed by atoms with Gasteiger partial charge < -0.3 is 5.32 Å². The number of hydrogen-bond acceptors (Lipinski definition) is 3. The molecule has 1 N–H and O–H groups in total. The summed E-state index contributed by atoms with van der Waals surface area (Å²) in [6.45, 7) is 4.24.